The predicted molar refractivity (Wildman–Crippen MR) is 161 cm³/mol. The minimum absolute atomic E-state index is 0.0259. The number of carbonyl (C=O) groups excluding carboxylic acids is 5. The maximum Gasteiger partial charge on any atom is 0.341 e. The van der Waals surface area contributed by atoms with Gasteiger partial charge in [-0.25, -0.2) is 9.59 Å². The van der Waals surface area contributed by atoms with Crippen molar-refractivity contribution in [2.45, 2.75) is 45.6 Å². The molecular formula is C28H31N3O8S3. The molecule has 14 heteroatoms. The lowest BCUT2D eigenvalue weighted by Crippen LogP contribution is -2.23. The Morgan fingerprint density at radius 3 is 2.52 bits per heavy atom. The van der Waals surface area contributed by atoms with Crippen molar-refractivity contribution in [1.82, 2.24) is 4.57 Å². The molecule has 0 atom stereocenters. The number of nitrogens with one attached hydrogen (secondary N) is 1. The molecule has 2 aromatic heterocycles. The third-order valence-electron chi connectivity index (χ3n) is 6.45. The van der Waals surface area contributed by atoms with E-state index in [0.29, 0.717) is 26.3 Å². The Morgan fingerprint density at radius 2 is 1.79 bits per heavy atom. The number of anilines is 1. The molecule has 0 unspecified atom stereocenters. The van der Waals surface area contributed by atoms with E-state index in [1.165, 1.54) is 25.6 Å². The number of thiazole rings is 1. The number of carbonyl (C=O) groups is 5. The molecule has 1 N–H and O–H groups in total. The minimum Gasteiger partial charge on any atom is -0.468 e. The molecule has 0 radical (unpaired) electrons. The summed E-state index contributed by atoms with van der Waals surface area (Å²) >= 11 is 3.64. The van der Waals surface area contributed by atoms with Gasteiger partial charge in [0.25, 0.3) is 5.91 Å². The number of benzene rings is 1. The van der Waals surface area contributed by atoms with Gasteiger partial charge in [-0.2, -0.15) is 4.99 Å². The van der Waals surface area contributed by atoms with E-state index in [1.54, 1.807) is 29.7 Å². The van der Waals surface area contributed by atoms with Crippen LogP contribution in [0.1, 0.15) is 57.3 Å². The van der Waals surface area contributed by atoms with E-state index in [1.807, 2.05) is 0 Å². The lowest BCUT2D eigenvalue weighted by Gasteiger charge is -2.07. The van der Waals surface area contributed by atoms with E-state index in [2.05, 4.69) is 10.3 Å². The average Bonchev–Trinajstić information content (AvgIpc) is 3.38. The van der Waals surface area contributed by atoms with Crippen LogP contribution in [0.15, 0.2) is 23.2 Å². The van der Waals surface area contributed by atoms with Crippen LogP contribution >= 0.6 is 34.4 Å². The topological polar surface area (TPSA) is 142 Å². The summed E-state index contributed by atoms with van der Waals surface area (Å²) in [5.41, 5.74) is 2.33. The van der Waals surface area contributed by atoms with Crippen molar-refractivity contribution < 1.29 is 38.2 Å². The van der Waals surface area contributed by atoms with Gasteiger partial charge in [-0.15, -0.1) is 23.1 Å². The summed E-state index contributed by atoms with van der Waals surface area (Å²) in [7, 11) is 2.59. The van der Waals surface area contributed by atoms with Gasteiger partial charge in [-0.1, -0.05) is 17.8 Å². The number of hydrogen-bond acceptors (Lipinski definition) is 11. The van der Waals surface area contributed by atoms with Gasteiger partial charge in [-0.3, -0.25) is 14.4 Å². The van der Waals surface area contributed by atoms with Crippen LogP contribution in [0.5, 0.6) is 0 Å². The number of methoxy groups -OCH3 is 2. The van der Waals surface area contributed by atoms with Crippen molar-refractivity contribution in [3.8, 4) is 0 Å². The number of aromatic nitrogens is 1. The maximum atomic E-state index is 12.8. The lowest BCUT2D eigenvalue weighted by atomic mass is 10.1. The number of thiophene rings is 1. The van der Waals surface area contributed by atoms with Crippen LogP contribution < -0.4 is 10.1 Å². The SMILES string of the molecule is CCOC(=O)c1ccc2c(c1)sc(=NC(=O)CSCC(=O)Nc1sc3c(c1C(=O)OC)CCCCC3)n2CC(=O)OC. The molecule has 2 heterocycles. The molecule has 0 spiro atoms. The predicted octanol–water partition coefficient (Wildman–Crippen LogP) is 3.97. The third-order valence-corrected chi connectivity index (χ3v) is 9.62. The highest BCUT2D eigenvalue weighted by Gasteiger charge is 2.26. The zero-order valence-corrected chi connectivity index (χ0v) is 25.9. The normalized spacial score (nSPS) is 13.3. The fourth-order valence-electron chi connectivity index (χ4n) is 4.53. The largest absolute Gasteiger partial charge is 0.468 e. The standard InChI is InChI=1S/C28H31N3O8S3/c1-4-39-26(35)16-10-11-18-20(12-16)42-28(31(18)13-23(34)37-2)30-22(33)15-40-14-21(32)29-25-24(27(36)38-3)17-8-6-5-7-9-19(17)41-25/h10-12H,4-9,13-15H2,1-3H3,(H,29,32). The molecule has 42 heavy (non-hydrogen) atoms. The van der Waals surface area contributed by atoms with Gasteiger partial charge < -0.3 is 24.1 Å². The number of thioether (sulfide) groups is 1. The lowest BCUT2D eigenvalue weighted by molar-refractivity contribution is -0.141. The fourth-order valence-corrected chi connectivity index (χ4v) is 7.51. The first-order valence-electron chi connectivity index (χ1n) is 13.3. The highest BCUT2D eigenvalue weighted by Crippen LogP contribution is 2.38. The summed E-state index contributed by atoms with van der Waals surface area (Å²) in [6.07, 6.45) is 4.75. The van der Waals surface area contributed by atoms with Crippen LogP contribution in [-0.2, 0) is 48.0 Å². The van der Waals surface area contributed by atoms with Crippen molar-refractivity contribution in [2.24, 2.45) is 4.99 Å². The van der Waals surface area contributed by atoms with Crippen molar-refractivity contribution in [3.63, 3.8) is 0 Å². The summed E-state index contributed by atoms with van der Waals surface area (Å²) in [5.74, 6) is -2.43. The Labute approximate surface area is 254 Å². The second-order valence-corrected chi connectivity index (χ2v) is 12.4. The molecule has 0 bridgehead atoms. The van der Waals surface area contributed by atoms with Crippen molar-refractivity contribution >= 4 is 79.4 Å². The number of nitrogens with zero attached hydrogens (tertiary/aromatic N) is 2. The number of rotatable bonds is 10. The van der Waals surface area contributed by atoms with Gasteiger partial charge in [0.2, 0.25) is 5.91 Å². The first kappa shape index (κ1) is 31.4. The number of ether oxygens (including phenoxy) is 3. The van der Waals surface area contributed by atoms with Gasteiger partial charge >= 0.3 is 17.9 Å². The zero-order valence-electron chi connectivity index (χ0n) is 23.5. The Hall–Kier alpha value is -3.49. The summed E-state index contributed by atoms with van der Waals surface area (Å²) in [6.45, 7) is 1.77. The summed E-state index contributed by atoms with van der Waals surface area (Å²) in [4.78, 5) is 67.8. The van der Waals surface area contributed by atoms with Crippen molar-refractivity contribution in [2.75, 3.05) is 37.6 Å². The molecule has 0 saturated heterocycles. The Kier molecular flexibility index (Phi) is 10.9. The van der Waals surface area contributed by atoms with Gasteiger partial charge in [0, 0.05) is 4.88 Å². The highest BCUT2D eigenvalue weighted by atomic mass is 32.2. The van der Waals surface area contributed by atoms with Crippen molar-refractivity contribution in [3.05, 3.63) is 44.6 Å². The first-order valence-corrected chi connectivity index (χ1v) is 16.1. The van der Waals surface area contributed by atoms with Gasteiger partial charge in [0.05, 0.1) is 53.7 Å². The summed E-state index contributed by atoms with van der Waals surface area (Å²) < 4.78 is 17.0. The highest BCUT2D eigenvalue weighted by molar-refractivity contribution is 8.00. The van der Waals surface area contributed by atoms with Crippen LogP contribution in [-0.4, -0.2) is 66.6 Å². The van der Waals surface area contributed by atoms with Gasteiger partial charge in [0.1, 0.15) is 11.5 Å². The summed E-state index contributed by atoms with van der Waals surface area (Å²) in [5, 5.41) is 3.31. The van der Waals surface area contributed by atoms with Gasteiger partial charge in [-0.05, 0) is 56.4 Å². The van der Waals surface area contributed by atoms with Crippen LogP contribution in [0.2, 0.25) is 0 Å². The molecule has 0 fully saturated rings. The molecule has 1 aliphatic rings. The molecule has 2 amide bonds. The van der Waals surface area contributed by atoms with Crippen molar-refractivity contribution in [1.29, 1.82) is 0 Å². The molecule has 224 valence electrons. The number of fused-ring (bicyclic) bond motifs is 2. The third kappa shape index (κ3) is 7.47. The number of amides is 2. The zero-order chi connectivity index (χ0) is 30.2. The quantitative estimate of drug-likeness (QED) is 0.199. The Morgan fingerprint density at radius 1 is 1.00 bits per heavy atom. The molecule has 4 rings (SSSR count). The molecule has 1 aromatic carbocycles. The van der Waals surface area contributed by atoms with E-state index in [9.17, 15) is 24.0 Å². The van der Waals surface area contributed by atoms with Crippen LogP contribution in [0.3, 0.4) is 0 Å². The number of hydrogen-bond donors (Lipinski definition) is 1. The Balaban J connectivity index is 1.46. The van der Waals surface area contributed by atoms with E-state index in [0.717, 1.165) is 65.6 Å². The maximum absolute atomic E-state index is 12.8. The second kappa shape index (κ2) is 14.6. The minimum atomic E-state index is -0.527. The van der Waals surface area contributed by atoms with E-state index >= 15 is 0 Å². The number of esters is 3. The molecule has 0 saturated carbocycles. The second-order valence-electron chi connectivity index (χ2n) is 9.26. The summed E-state index contributed by atoms with van der Waals surface area (Å²) in [6, 6.07) is 4.87. The molecule has 0 aliphatic heterocycles. The molecule has 1 aliphatic carbocycles. The molecule has 3 aromatic rings. The fraction of sp³-hybridized carbons (Fsp3) is 0.429. The smallest absolute Gasteiger partial charge is 0.341 e. The van der Waals surface area contributed by atoms with E-state index in [-0.39, 0.29) is 35.4 Å². The van der Waals surface area contributed by atoms with E-state index < -0.39 is 23.8 Å². The first-order chi connectivity index (χ1) is 20.2. The van der Waals surface area contributed by atoms with Crippen LogP contribution in [0.25, 0.3) is 10.2 Å². The average molecular weight is 634 g/mol. The number of aryl methyl sites for hydroxylation is 1. The van der Waals surface area contributed by atoms with Crippen LogP contribution in [0, 0.1) is 0 Å². The Bertz CT molecular complexity index is 1590. The van der Waals surface area contributed by atoms with Crippen LogP contribution in [0.4, 0.5) is 5.00 Å². The molecule has 11 nitrogen and oxygen atoms in total. The van der Waals surface area contributed by atoms with E-state index in [4.69, 9.17) is 14.2 Å². The monoisotopic (exact) mass is 633 g/mol. The van der Waals surface area contributed by atoms with Gasteiger partial charge in [0.15, 0.2) is 4.80 Å². The molecular weight excluding hydrogens is 603 g/mol.